The molecule has 0 aliphatic rings. The van der Waals surface area contributed by atoms with Crippen LogP contribution in [0.25, 0.3) is 0 Å². The second-order valence-electron chi connectivity index (χ2n) is 3.31. The molecule has 0 fully saturated rings. The van der Waals surface area contributed by atoms with Crippen molar-refractivity contribution in [1.29, 1.82) is 0 Å². The van der Waals surface area contributed by atoms with Crippen molar-refractivity contribution in [2.75, 3.05) is 0 Å². The summed E-state index contributed by atoms with van der Waals surface area (Å²) in [6.07, 6.45) is -3.69. The van der Waals surface area contributed by atoms with Crippen molar-refractivity contribution in [3.8, 4) is 0 Å². The lowest BCUT2D eigenvalue weighted by Gasteiger charge is -2.16. The fraction of sp³-hybridized carbons (Fsp3) is 0.556. The maximum absolute atomic E-state index is 12.0. The predicted molar refractivity (Wildman–Crippen MR) is 48.8 cm³/mol. The largest absolute Gasteiger partial charge is 0.469 e. The zero-order chi connectivity index (χ0) is 11.5. The molecular weight excluding hydrogens is 209 g/mol. The highest BCUT2D eigenvalue weighted by atomic mass is 19.4. The average molecular weight is 222 g/mol. The average Bonchev–Trinajstić information content (AvgIpc) is 2.52. The van der Waals surface area contributed by atoms with E-state index in [2.05, 4.69) is 5.43 Å². The van der Waals surface area contributed by atoms with Gasteiger partial charge in [-0.1, -0.05) is 0 Å². The van der Waals surface area contributed by atoms with E-state index < -0.39 is 18.6 Å². The van der Waals surface area contributed by atoms with Gasteiger partial charge in [-0.05, 0) is 19.4 Å². The van der Waals surface area contributed by atoms with Gasteiger partial charge in [0.25, 0.3) is 0 Å². The first-order chi connectivity index (χ1) is 6.94. The molecule has 3 N–H and O–H groups in total. The molecule has 15 heavy (non-hydrogen) atoms. The van der Waals surface area contributed by atoms with Gasteiger partial charge >= 0.3 is 6.18 Å². The number of hydrogen-bond donors (Lipinski definition) is 2. The molecule has 1 unspecified atom stereocenters. The molecule has 0 spiro atoms. The summed E-state index contributed by atoms with van der Waals surface area (Å²) in [6, 6.07) is 1.10. The molecule has 0 aromatic carbocycles. The Labute approximate surface area is 85.4 Å². The van der Waals surface area contributed by atoms with E-state index in [9.17, 15) is 13.2 Å². The topological polar surface area (TPSA) is 51.2 Å². The second kappa shape index (κ2) is 4.67. The summed E-state index contributed by atoms with van der Waals surface area (Å²) in [5.74, 6) is 5.79. The number of halogens is 3. The van der Waals surface area contributed by atoms with E-state index in [1.165, 1.54) is 6.26 Å². The maximum Gasteiger partial charge on any atom is 0.389 e. The van der Waals surface area contributed by atoms with Crippen LogP contribution in [0.4, 0.5) is 13.2 Å². The summed E-state index contributed by atoms with van der Waals surface area (Å²) in [4.78, 5) is 0. The van der Waals surface area contributed by atoms with Crippen molar-refractivity contribution >= 4 is 0 Å². The van der Waals surface area contributed by atoms with Crippen molar-refractivity contribution in [3.63, 3.8) is 0 Å². The Morgan fingerprint density at radius 1 is 1.53 bits per heavy atom. The molecule has 0 saturated heterocycles. The summed E-state index contributed by atoms with van der Waals surface area (Å²) in [5, 5.41) is 0. The Bertz CT molecular complexity index is 309. The molecular formula is C9H13F3N2O. The Balaban J connectivity index is 2.61. The number of rotatable bonds is 4. The van der Waals surface area contributed by atoms with Gasteiger partial charge < -0.3 is 4.42 Å². The number of nitrogens with two attached hydrogens (primary N) is 1. The lowest BCUT2D eigenvalue weighted by atomic mass is 10.0. The predicted octanol–water partition coefficient (Wildman–Crippen LogP) is 2.43. The third-order valence-electron chi connectivity index (χ3n) is 2.19. The highest BCUT2D eigenvalue weighted by molar-refractivity contribution is 5.19. The molecule has 0 amide bonds. The normalized spacial score (nSPS) is 14.2. The highest BCUT2D eigenvalue weighted by Gasteiger charge is 2.29. The van der Waals surface area contributed by atoms with Gasteiger partial charge in [0.1, 0.15) is 5.76 Å². The van der Waals surface area contributed by atoms with Crippen molar-refractivity contribution in [2.45, 2.75) is 32.0 Å². The van der Waals surface area contributed by atoms with E-state index in [-0.39, 0.29) is 6.42 Å². The third-order valence-corrected chi connectivity index (χ3v) is 2.19. The lowest BCUT2D eigenvalue weighted by Crippen LogP contribution is -2.29. The van der Waals surface area contributed by atoms with Crippen LogP contribution < -0.4 is 11.3 Å². The molecule has 1 rings (SSSR count). The highest BCUT2D eigenvalue weighted by Crippen LogP contribution is 2.28. The molecule has 0 saturated carbocycles. The van der Waals surface area contributed by atoms with Gasteiger partial charge in [-0.15, -0.1) is 0 Å². The van der Waals surface area contributed by atoms with Crippen LogP contribution in [0.3, 0.4) is 0 Å². The molecule has 0 radical (unpaired) electrons. The Kier molecular flexibility index (Phi) is 3.76. The minimum Gasteiger partial charge on any atom is -0.469 e. The number of hydrazine groups is 1. The molecule has 1 heterocycles. The molecule has 3 nitrogen and oxygen atoms in total. The van der Waals surface area contributed by atoms with Crippen LogP contribution in [0.1, 0.15) is 30.2 Å². The Morgan fingerprint density at radius 3 is 2.60 bits per heavy atom. The van der Waals surface area contributed by atoms with Crippen molar-refractivity contribution in [2.24, 2.45) is 5.84 Å². The van der Waals surface area contributed by atoms with Crippen molar-refractivity contribution < 1.29 is 17.6 Å². The number of nitrogens with one attached hydrogen (secondary N) is 1. The Hall–Kier alpha value is -1.01. The summed E-state index contributed by atoms with van der Waals surface area (Å²) in [5.41, 5.74) is 3.03. The van der Waals surface area contributed by atoms with Gasteiger partial charge in [0.05, 0.1) is 6.26 Å². The molecule has 0 bridgehead atoms. The SMILES string of the molecule is Cc1occc1C(CCC(F)(F)F)NN. The number of hydrogen-bond acceptors (Lipinski definition) is 3. The lowest BCUT2D eigenvalue weighted by molar-refractivity contribution is -0.136. The van der Waals surface area contributed by atoms with E-state index in [1.54, 1.807) is 13.0 Å². The van der Waals surface area contributed by atoms with Crippen molar-refractivity contribution in [1.82, 2.24) is 5.43 Å². The van der Waals surface area contributed by atoms with Crippen LogP contribution in [-0.4, -0.2) is 6.18 Å². The minimum atomic E-state index is -4.16. The number of aryl methyl sites for hydroxylation is 1. The van der Waals surface area contributed by atoms with E-state index in [0.717, 1.165) is 0 Å². The fourth-order valence-electron chi connectivity index (χ4n) is 1.39. The van der Waals surface area contributed by atoms with E-state index in [4.69, 9.17) is 10.3 Å². The van der Waals surface area contributed by atoms with Gasteiger partial charge in [0.2, 0.25) is 0 Å². The monoisotopic (exact) mass is 222 g/mol. The van der Waals surface area contributed by atoms with Gasteiger partial charge in [-0.25, -0.2) is 0 Å². The van der Waals surface area contributed by atoms with Gasteiger partial charge in [-0.2, -0.15) is 13.2 Å². The van der Waals surface area contributed by atoms with E-state index in [1.807, 2.05) is 0 Å². The number of alkyl halides is 3. The molecule has 1 atom stereocenters. The first-order valence-corrected chi connectivity index (χ1v) is 4.51. The summed E-state index contributed by atoms with van der Waals surface area (Å²) in [7, 11) is 0. The van der Waals surface area contributed by atoms with Gasteiger partial charge in [0.15, 0.2) is 0 Å². The number of furan rings is 1. The van der Waals surface area contributed by atoms with Gasteiger partial charge in [0, 0.05) is 18.0 Å². The van der Waals surface area contributed by atoms with Crippen LogP contribution in [0, 0.1) is 6.92 Å². The van der Waals surface area contributed by atoms with Crippen LogP contribution in [0.5, 0.6) is 0 Å². The third kappa shape index (κ3) is 3.56. The molecule has 1 aromatic heterocycles. The zero-order valence-electron chi connectivity index (χ0n) is 8.27. The van der Waals surface area contributed by atoms with Gasteiger partial charge in [-0.3, -0.25) is 11.3 Å². The zero-order valence-corrected chi connectivity index (χ0v) is 8.27. The first-order valence-electron chi connectivity index (χ1n) is 4.51. The Morgan fingerprint density at radius 2 is 2.20 bits per heavy atom. The van der Waals surface area contributed by atoms with E-state index in [0.29, 0.717) is 11.3 Å². The maximum atomic E-state index is 12.0. The molecule has 86 valence electrons. The first kappa shape index (κ1) is 12.1. The summed E-state index contributed by atoms with van der Waals surface area (Å²) < 4.78 is 41.0. The minimum absolute atomic E-state index is 0.0969. The standard InChI is InChI=1S/C9H13F3N2O/c1-6-7(3-5-15-6)8(14-13)2-4-9(10,11)12/h3,5,8,14H,2,4,13H2,1H3. The molecule has 0 aliphatic heterocycles. The second-order valence-corrected chi connectivity index (χ2v) is 3.31. The summed E-state index contributed by atoms with van der Waals surface area (Å²) >= 11 is 0. The fourth-order valence-corrected chi connectivity index (χ4v) is 1.39. The van der Waals surface area contributed by atoms with Crippen LogP contribution in [0.2, 0.25) is 0 Å². The molecule has 1 aromatic rings. The molecule has 6 heteroatoms. The van der Waals surface area contributed by atoms with Crippen LogP contribution in [-0.2, 0) is 0 Å². The van der Waals surface area contributed by atoms with Crippen LogP contribution >= 0.6 is 0 Å². The molecule has 0 aliphatic carbocycles. The smallest absolute Gasteiger partial charge is 0.389 e. The van der Waals surface area contributed by atoms with E-state index >= 15 is 0 Å². The van der Waals surface area contributed by atoms with Crippen LogP contribution in [0.15, 0.2) is 16.7 Å². The summed E-state index contributed by atoms with van der Waals surface area (Å²) in [6.45, 7) is 1.69. The van der Waals surface area contributed by atoms with Crippen molar-refractivity contribution in [3.05, 3.63) is 23.7 Å². The quantitative estimate of drug-likeness (QED) is 0.607.